The maximum absolute atomic E-state index is 13.7. The van der Waals surface area contributed by atoms with Gasteiger partial charge >= 0.3 is 12.2 Å². The number of ether oxygens (including phenoxy) is 2. The first-order chi connectivity index (χ1) is 30.0. The van der Waals surface area contributed by atoms with Crippen molar-refractivity contribution in [1.29, 1.82) is 10.5 Å². The monoisotopic (exact) mass is 912 g/mol. The van der Waals surface area contributed by atoms with Gasteiger partial charge in [-0.2, -0.15) is 14.8 Å². The van der Waals surface area contributed by atoms with Crippen molar-refractivity contribution in [2.24, 2.45) is 0 Å². The molecular weight excluding hydrogens is 856 g/mol. The molecule has 0 aromatic heterocycles. The van der Waals surface area contributed by atoms with Crippen molar-refractivity contribution in [3.8, 4) is 12.1 Å². The van der Waals surface area contributed by atoms with Crippen molar-refractivity contribution >= 4 is 45.8 Å². The van der Waals surface area contributed by atoms with Gasteiger partial charge in [-0.3, -0.25) is 19.2 Å². The molecule has 22 heteroatoms. The molecule has 6 amide bonds. The fraction of sp³-hybridized carbons (Fsp3) is 0.667. The second-order valence-corrected chi connectivity index (χ2v) is 20.7. The van der Waals surface area contributed by atoms with Crippen molar-refractivity contribution in [3.63, 3.8) is 0 Å². The number of nitrogens with zero attached hydrogens (tertiary/aromatic N) is 7. The Morgan fingerprint density at radius 2 is 1.34 bits per heavy atom. The number of carbonyl (C=O) groups is 6. The normalized spacial score (nSPS) is 26.2. The first-order valence-electron chi connectivity index (χ1n) is 21.5. The largest absolute Gasteiger partial charge is 0.444 e. The molecule has 1 aromatic rings. The number of halogens is 1. The van der Waals surface area contributed by atoms with Gasteiger partial charge in [0.1, 0.15) is 47.2 Å². The Morgan fingerprint density at radius 3 is 1.78 bits per heavy atom. The van der Waals surface area contributed by atoms with E-state index < -0.39 is 87.3 Å². The number of carbonyl (C=O) groups excluding carboxylic acids is 6. The first-order valence-corrected chi connectivity index (χ1v) is 23.0. The van der Waals surface area contributed by atoms with Crippen LogP contribution in [-0.2, 0) is 38.7 Å². The first kappa shape index (κ1) is 47.9. The summed E-state index contributed by atoms with van der Waals surface area (Å²) in [5.74, 6) is -2.10. The molecule has 6 heterocycles. The van der Waals surface area contributed by atoms with Crippen LogP contribution in [0, 0.1) is 28.5 Å². The van der Waals surface area contributed by atoms with E-state index >= 15 is 0 Å². The van der Waals surface area contributed by atoms with Crippen molar-refractivity contribution in [2.45, 2.75) is 144 Å². The lowest BCUT2D eigenvalue weighted by molar-refractivity contribution is -0.139. The number of amides is 6. The molecule has 0 spiro atoms. The highest BCUT2D eigenvalue weighted by molar-refractivity contribution is 7.89. The Kier molecular flexibility index (Phi) is 14.1. The molecular formula is C42H57FN10O10S. The lowest BCUT2D eigenvalue weighted by atomic mass is 10.1. The quantitative estimate of drug-likeness (QED) is 0.299. The zero-order valence-electron chi connectivity index (χ0n) is 36.9. The van der Waals surface area contributed by atoms with E-state index in [4.69, 9.17) is 9.47 Å². The van der Waals surface area contributed by atoms with Gasteiger partial charge in [0, 0.05) is 38.3 Å². The van der Waals surface area contributed by atoms with Gasteiger partial charge in [-0.05, 0) is 98.3 Å². The molecule has 6 saturated heterocycles. The smallest absolute Gasteiger partial charge is 0.408 e. The minimum Gasteiger partial charge on any atom is -0.444 e. The molecule has 8 atom stereocenters. The van der Waals surface area contributed by atoms with E-state index in [9.17, 15) is 52.1 Å². The Bertz CT molecular complexity index is 2200. The fourth-order valence-corrected chi connectivity index (χ4v) is 10.7. The van der Waals surface area contributed by atoms with E-state index in [0.717, 1.165) is 29.3 Å². The maximum Gasteiger partial charge on any atom is 0.408 e. The average molecular weight is 913 g/mol. The third kappa shape index (κ3) is 10.7. The molecule has 0 saturated carbocycles. The molecule has 4 bridgehead atoms. The van der Waals surface area contributed by atoms with Crippen molar-refractivity contribution in [1.82, 2.24) is 39.9 Å². The van der Waals surface area contributed by atoms with Crippen LogP contribution in [0.5, 0.6) is 0 Å². The summed E-state index contributed by atoms with van der Waals surface area (Å²) in [5, 5.41) is 27.0. The highest BCUT2D eigenvalue weighted by Crippen LogP contribution is 2.36. The summed E-state index contributed by atoms with van der Waals surface area (Å²) in [6, 6.07) is 3.91. The van der Waals surface area contributed by atoms with Crippen LogP contribution >= 0.6 is 0 Å². The van der Waals surface area contributed by atoms with Gasteiger partial charge in [-0.15, -0.1) is 0 Å². The van der Waals surface area contributed by atoms with E-state index in [1.807, 2.05) is 0 Å². The second kappa shape index (κ2) is 18.9. The van der Waals surface area contributed by atoms with Crippen molar-refractivity contribution in [3.05, 3.63) is 30.1 Å². The summed E-state index contributed by atoms with van der Waals surface area (Å²) >= 11 is 0. The molecule has 1 aromatic carbocycles. The number of nitriles is 2. The zero-order valence-corrected chi connectivity index (χ0v) is 37.7. The molecule has 348 valence electrons. The Balaban J connectivity index is 0.000000223. The predicted molar refractivity (Wildman–Crippen MR) is 223 cm³/mol. The molecule has 0 aliphatic carbocycles. The number of nitrogens with one attached hydrogen (secondary N) is 3. The standard InChI is InChI=1S/C24H30FN5O6S.C18H27N5O4/c1-24(2,3)36-23(33)27-19(21(31)28-9-5-7-16(28)12-26)14-29-17-11-20(22(29)32)30(13-17)37(34,35)18-8-4-6-15(25)10-18;1-18(2,3)27-17(26)21-14(16(25)22-6-4-5-11(22)8-19)10-23-12-7-13(15(23)24)20-9-12/h4,6,8,10,16-17,19-20H,5,7,9,11,13-14H2,1-3H3,(H,27,33);11-14,20H,4-7,9-10H2,1-3H3,(H,21,26)/t16-,17-,19-,20-;11-,12-,13-,14-/m00/s1. The second-order valence-electron chi connectivity index (χ2n) is 18.8. The summed E-state index contributed by atoms with van der Waals surface area (Å²) in [6.45, 7) is 11.6. The number of benzene rings is 1. The van der Waals surface area contributed by atoms with E-state index in [1.54, 1.807) is 46.4 Å². The van der Waals surface area contributed by atoms with Crippen LogP contribution in [-0.4, -0.2) is 167 Å². The number of likely N-dealkylation sites (tertiary alicyclic amines) is 4. The number of fused-ring (bicyclic) bond motifs is 4. The van der Waals surface area contributed by atoms with Crippen LogP contribution in [0.1, 0.15) is 80.1 Å². The van der Waals surface area contributed by atoms with Gasteiger partial charge in [-0.1, -0.05) is 6.07 Å². The summed E-state index contributed by atoms with van der Waals surface area (Å²) < 4.78 is 51.5. The Morgan fingerprint density at radius 1 is 0.828 bits per heavy atom. The lowest BCUT2D eigenvalue weighted by Crippen LogP contribution is -2.59. The molecule has 20 nitrogen and oxygen atoms in total. The lowest BCUT2D eigenvalue weighted by Gasteiger charge is -2.36. The van der Waals surface area contributed by atoms with Crippen LogP contribution in [0.3, 0.4) is 0 Å². The number of sulfonamides is 1. The molecule has 64 heavy (non-hydrogen) atoms. The molecule has 7 rings (SSSR count). The zero-order chi connectivity index (χ0) is 46.9. The predicted octanol–water partition coefficient (Wildman–Crippen LogP) is 1.17. The van der Waals surface area contributed by atoms with Crippen molar-refractivity contribution in [2.75, 3.05) is 39.3 Å². The number of hydrogen-bond donors (Lipinski definition) is 3. The number of alkyl carbamates (subject to hydrolysis) is 2. The van der Waals surface area contributed by atoms with Gasteiger partial charge in [-0.25, -0.2) is 22.4 Å². The van der Waals surface area contributed by atoms with Gasteiger partial charge in [0.15, 0.2) is 0 Å². The van der Waals surface area contributed by atoms with Gasteiger partial charge in [0.25, 0.3) is 0 Å². The van der Waals surface area contributed by atoms with Gasteiger partial charge in [0.05, 0.1) is 36.2 Å². The molecule has 6 aliphatic rings. The van der Waals surface area contributed by atoms with Crippen LogP contribution in [0.4, 0.5) is 14.0 Å². The third-order valence-electron chi connectivity index (χ3n) is 11.9. The van der Waals surface area contributed by atoms with E-state index in [2.05, 4.69) is 28.1 Å². The van der Waals surface area contributed by atoms with E-state index in [1.165, 1.54) is 26.8 Å². The Labute approximate surface area is 372 Å². The summed E-state index contributed by atoms with van der Waals surface area (Å²) in [6.07, 6.45) is 1.92. The highest BCUT2D eigenvalue weighted by atomic mass is 32.2. The average Bonchev–Trinajstić information content (AvgIpc) is 4.08. The SMILES string of the molecule is CC(C)(C)OC(=O)N[C@@H](CN1C(=O)[C@@H]2C[C@H]1CN2)C(=O)N1CCC[C@H]1C#N.CC(C)(C)OC(=O)N[C@@H](CN1C(=O)[C@@H]2C[C@H]1CN2S(=O)(=O)c1cccc(F)c1)C(=O)N1CCC[C@H]1C#N. The minimum atomic E-state index is -4.11. The van der Waals surface area contributed by atoms with Crippen LogP contribution in [0.15, 0.2) is 29.2 Å². The van der Waals surface area contributed by atoms with Crippen molar-refractivity contribution < 1.29 is 51.0 Å². The number of piperazine rings is 2. The Hall–Kier alpha value is -5.58. The molecule has 0 radical (unpaired) electrons. The minimum absolute atomic E-state index is 0.0207. The van der Waals surface area contributed by atoms with Crippen LogP contribution in [0.2, 0.25) is 0 Å². The number of rotatable bonds is 10. The van der Waals surface area contributed by atoms with Gasteiger partial charge < -0.3 is 45.0 Å². The van der Waals surface area contributed by atoms with E-state index in [-0.39, 0.29) is 54.8 Å². The van der Waals surface area contributed by atoms with Gasteiger partial charge in [0.2, 0.25) is 33.7 Å². The molecule has 3 N–H and O–H groups in total. The topological polar surface area (TPSA) is 255 Å². The van der Waals surface area contributed by atoms with Crippen LogP contribution in [0.25, 0.3) is 0 Å². The van der Waals surface area contributed by atoms with Crippen LogP contribution < -0.4 is 16.0 Å². The fourth-order valence-electron chi connectivity index (χ4n) is 9.03. The maximum atomic E-state index is 13.7. The highest BCUT2D eigenvalue weighted by Gasteiger charge is 2.55. The number of hydrogen-bond acceptors (Lipinski definition) is 13. The molecule has 0 unspecified atom stereocenters. The molecule has 6 aliphatic heterocycles. The third-order valence-corrected chi connectivity index (χ3v) is 13.8. The van der Waals surface area contributed by atoms with E-state index in [0.29, 0.717) is 38.9 Å². The summed E-state index contributed by atoms with van der Waals surface area (Å²) in [5.41, 5.74) is -1.53. The summed E-state index contributed by atoms with van der Waals surface area (Å²) in [7, 11) is -4.11. The summed E-state index contributed by atoms with van der Waals surface area (Å²) in [4.78, 5) is 82.7. The molecule has 6 fully saturated rings.